The number of aliphatic hydroxyl groups is 1. The number of rotatable bonds is 4. The van der Waals surface area contributed by atoms with Gasteiger partial charge in [-0.15, -0.1) is 0 Å². The van der Waals surface area contributed by atoms with E-state index >= 15 is 0 Å². The summed E-state index contributed by atoms with van der Waals surface area (Å²) in [4.78, 5) is 12.2. The molecule has 2 N–H and O–H groups in total. The first-order valence-corrected chi connectivity index (χ1v) is 6.62. The molecule has 3 heteroatoms. The molecule has 0 saturated heterocycles. The van der Waals surface area contributed by atoms with E-state index in [1.807, 2.05) is 0 Å². The van der Waals surface area contributed by atoms with Gasteiger partial charge in [0.05, 0.1) is 6.10 Å². The van der Waals surface area contributed by atoms with Crippen molar-refractivity contribution in [3.63, 3.8) is 0 Å². The highest BCUT2D eigenvalue weighted by molar-refractivity contribution is 5.82. The molecule has 0 radical (unpaired) electrons. The molecule has 0 bridgehead atoms. The molecule has 2 aliphatic rings. The van der Waals surface area contributed by atoms with E-state index in [1.54, 1.807) is 0 Å². The van der Waals surface area contributed by atoms with Gasteiger partial charge in [0.15, 0.2) is 0 Å². The lowest BCUT2D eigenvalue weighted by molar-refractivity contribution is -0.131. The van der Waals surface area contributed by atoms with Gasteiger partial charge in [-0.25, -0.2) is 0 Å². The molecule has 2 saturated carbocycles. The predicted molar refractivity (Wildman–Crippen MR) is 62.9 cm³/mol. The summed E-state index contributed by atoms with van der Waals surface area (Å²) >= 11 is 0. The monoisotopic (exact) mass is 225 g/mol. The van der Waals surface area contributed by atoms with Gasteiger partial charge in [0, 0.05) is 12.0 Å². The predicted octanol–water partition coefficient (Wildman–Crippen LogP) is 1.84. The van der Waals surface area contributed by atoms with Gasteiger partial charge in [0.2, 0.25) is 5.91 Å². The number of hydrogen-bond donors (Lipinski definition) is 2. The van der Waals surface area contributed by atoms with Crippen LogP contribution in [0.2, 0.25) is 0 Å². The standard InChI is InChI=1S/C13H23NO2/c1-2-13(5-3-4-6-13)12(16)14-9-10-7-11(15)8-10/h10-11,15H,2-9H2,1H3,(H,14,16). The normalized spacial score (nSPS) is 32.1. The summed E-state index contributed by atoms with van der Waals surface area (Å²) in [5, 5.41) is 12.3. The van der Waals surface area contributed by atoms with E-state index < -0.39 is 0 Å². The smallest absolute Gasteiger partial charge is 0.226 e. The summed E-state index contributed by atoms with van der Waals surface area (Å²) in [6, 6.07) is 0. The second-order valence-electron chi connectivity index (χ2n) is 5.54. The maximum absolute atomic E-state index is 12.2. The SMILES string of the molecule is CCC1(C(=O)NCC2CC(O)C2)CCCC1. The van der Waals surface area contributed by atoms with Crippen molar-refractivity contribution in [2.75, 3.05) is 6.54 Å². The molecular weight excluding hydrogens is 202 g/mol. The number of hydrogen-bond acceptors (Lipinski definition) is 2. The molecule has 3 nitrogen and oxygen atoms in total. The molecule has 0 unspecified atom stereocenters. The Balaban J connectivity index is 1.78. The molecule has 0 aromatic carbocycles. The molecular formula is C13H23NO2. The van der Waals surface area contributed by atoms with Gasteiger partial charge in [-0.3, -0.25) is 4.79 Å². The van der Waals surface area contributed by atoms with Crippen LogP contribution in [-0.4, -0.2) is 23.7 Å². The minimum absolute atomic E-state index is 0.0671. The lowest BCUT2D eigenvalue weighted by Crippen LogP contribution is -2.44. The quantitative estimate of drug-likeness (QED) is 0.767. The third kappa shape index (κ3) is 2.24. The van der Waals surface area contributed by atoms with Crippen LogP contribution >= 0.6 is 0 Å². The van der Waals surface area contributed by atoms with Crippen molar-refractivity contribution in [3.8, 4) is 0 Å². The molecule has 1 amide bonds. The highest BCUT2D eigenvalue weighted by atomic mass is 16.3. The van der Waals surface area contributed by atoms with Crippen LogP contribution in [0.4, 0.5) is 0 Å². The summed E-state index contributed by atoms with van der Waals surface area (Å²) in [6.45, 7) is 2.88. The fraction of sp³-hybridized carbons (Fsp3) is 0.923. The second-order valence-corrected chi connectivity index (χ2v) is 5.54. The highest BCUT2D eigenvalue weighted by Gasteiger charge is 2.39. The Morgan fingerprint density at radius 3 is 2.50 bits per heavy atom. The zero-order chi connectivity index (χ0) is 11.6. The first-order valence-electron chi connectivity index (χ1n) is 6.62. The van der Waals surface area contributed by atoms with Crippen LogP contribution in [0.5, 0.6) is 0 Å². The Hall–Kier alpha value is -0.570. The summed E-state index contributed by atoms with van der Waals surface area (Å²) in [5.41, 5.74) is -0.0671. The highest BCUT2D eigenvalue weighted by Crippen LogP contribution is 2.41. The first-order chi connectivity index (χ1) is 7.66. The number of nitrogens with one attached hydrogen (secondary N) is 1. The number of amides is 1. The average molecular weight is 225 g/mol. The molecule has 0 spiro atoms. The fourth-order valence-electron chi connectivity index (χ4n) is 3.08. The van der Waals surface area contributed by atoms with E-state index in [9.17, 15) is 9.90 Å². The van der Waals surface area contributed by atoms with Crippen LogP contribution < -0.4 is 5.32 Å². The fourth-order valence-corrected chi connectivity index (χ4v) is 3.08. The van der Waals surface area contributed by atoms with Crippen molar-refractivity contribution in [2.24, 2.45) is 11.3 Å². The number of aliphatic hydroxyl groups excluding tert-OH is 1. The molecule has 0 heterocycles. The van der Waals surface area contributed by atoms with Crippen molar-refractivity contribution in [1.82, 2.24) is 5.32 Å². The molecule has 0 aromatic heterocycles. The van der Waals surface area contributed by atoms with E-state index in [4.69, 9.17) is 0 Å². The van der Waals surface area contributed by atoms with Crippen LogP contribution in [0, 0.1) is 11.3 Å². The van der Waals surface area contributed by atoms with Gasteiger partial charge >= 0.3 is 0 Å². The molecule has 92 valence electrons. The summed E-state index contributed by atoms with van der Waals surface area (Å²) in [6.07, 6.45) is 7.08. The van der Waals surface area contributed by atoms with Crippen LogP contribution in [0.25, 0.3) is 0 Å². The molecule has 2 rings (SSSR count). The van der Waals surface area contributed by atoms with Crippen molar-refractivity contribution < 1.29 is 9.90 Å². The number of carbonyl (C=O) groups is 1. The lowest BCUT2D eigenvalue weighted by atomic mass is 9.80. The molecule has 0 atom stereocenters. The zero-order valence-corrected chi connectivity index (χ0v) is 10.2. The van der Waals surface area contributed by atoms with Crippen molar-refractivity contribution in [1.29, 1.82) is 0 Å². The van der Waals surface area contributed by atoms with Crippen LogP contribution in [0.1, 0.15) is 51.9 Å². The molecule has 0 aromatic rings. The second kappa shape index (κ2) is 4.74. The van der Waals surface area contributed by atoms with Gasteiger partial charge in [0.25, 0.3) is 0 Å². The maximum Gasteiger partial charge on any atom is 0.226 e. The van der Waals surface area contributed by atoms with Crippen LogP contribution in [0.15, 0.2) is 0 Å². The Kier molecular flexibility index (Phi) is 3.53. The Bertz CT molecular complexity index is 253. The minimum atomic E-state index is -0.117. The Morgan fingerprint density at radius 1 is 1.38 bits per heavy atom. The average Bonchev–Trinajstić information content (AvgIpc) is 2.72. The minimum Gasteiger partial charge on any atom is -0.393 e. The maximum atomic E-state index is 12.2. The first kappa shape index (κ1) is 11.9. The lowest BCUT2D eigenvalue weighted by Gasteiger charge is -2.33. The van der Waals surface area contributed by atoms with Gasteiger partial charge in [0.1, 0.15) is 0 Å². The van der Waals surface area contributed by atoms with E-state index in [-0.39, 0.29) is 17.4 Å². The molecule has 0 aliphatic heterocycles. The summed E-state index contributed by atoms with van der Waals surface area (Å²) in [7, 11) is 0. The molecule has 16 heavy (non-hydrogen) atoms. The van der Waals surface area contributed by atoms with E-state index in [0.717, 1.165) is 38.6 Å². The zero-order valence-electron chi connectivity index (χ0n) is 10.2. The van der Waals surface area contributed by atoms with E-state index in [2.05, 4.69) is 12.2 Å². The van der Waals surface area contributed by atoms with Crippen LogP contribution in [0.3, 0.4) is 0 Å². The van der Waals surface area contributed by atoms with Crippen molar-refractivity contribution >= 4 is 5.91 Å². The summed E-state index contributed by atoms with van der Waals surface area (Å²) in [5.74, 6) is 0.767. The largest absolute Gasteiger partial charge is 0.393 e. The van der Waals surface area contributed by atoms with Gasteiger partial charge in [-0.05, 0) is 38.0 Å². The topological polar surface area (TPSA) is 49.3 Å². The van der Waals surface area contributed by atoms with E-state index in [0.29, 0.717) is 5.92 Å². The molecule has 2 aliphatic carbocycles. The van der Waals surface area contributed by atoms with E-state index in [1.165, 1.54) is 12.8 Å². The van der Waals surface area contributed by atoms with Gasteiger partial charge in [-0.1, -0.05) is 19.8 Å². The third-order valence-electron chi connectivity index (χ3n) is 4.48. The summed E-state index contributed by atoms with van der Waals surface area (Å²) < 4.78 is 0. The van der Waals surface area contributed by atoms with Crippen molar-refractivity contribution in [2.45, 2.75) is 58.0 Å². The van der Waals surface area contributed by atoms with Crippen LogP contribution in [-0.2, 0) is 4.79 Å². The molecule has 2 fully saturated rings. The Labute approximate surface area is 97.6 Å². The third-order valence-corrected chi connectivity index (χ3v) is 4.48. The van der Waals surface area contributed by atoms with Crippen molar-refractivity contribution in [3.05, 3.63) is 0 Å². The van der Waals surface area contributed by atoms with Gasteiger partial charge in [-0.2, -0.15) is 0 Å². The number of carbonyl (C=O) groups excluding carboxylic acids is 1. The van der Waals surface area contributed by atoms with Gasteiger partial charge < -0.3 is 10.4 Å². The Morgan fingerprint density at radius 2 is 2.00 bits per heavy atom.